The summed E-state index contributed by atoms with van der Waals surface area (Å²) in [5, 5.41) is 3.25. The molecule has 2 aromatic rings. The van der Waals surface area contributed by atoms with Crippen LogP contribution in [-0.2, 0) is 0 Å². The number of benzene rings is 2. The van der Waals surface area contributed by atoms with E-state index in [1.807, 2.05) is 18.2 Å². The number of hydrogen-bond acceptors (Lipinski definition) is 1. The first-order valence-electron chi connectivity index (χ1n) is 3.92. The van der Waals surface area contributed by atoms with Crippen molar-refractivity contribution in [1.82, 2.24) is 6.15 Å². The van der Waals surface area contributed by atoms with Crippen molar-refractivity contribution >= 4 is 22.4 Å². The number of fused-ring (bicyclic) bond motifs is 1. The van der Waals surface area contributed by atoms with E-state index in [0.29, 0.717) is 0 Å². The fourth-order valence-corrected chi connectivity index (χ4v) is 1.52. The molecule has 2 rings (SSSR count). The Balaban J connectivity index is 0.000000845. The smallest absolute Gasteiger partial charge is 0.0412 e. The van der Waals surface area contributed by atoms with Crippen LogP contribution in [-0.4, -0.2) is 0 Å². The quantitative estimate of drug-likeness (QED) is 0.675. The van der Waals surface area contributed by atoms with E-state index in [1.165, 1.54) is 16.3 Å². The molecular weight excluding hydrogens is 182 g/mol. The minimum atomic E-state index is 0. The molecule has 0 amide bonds. The molecule has 0 atom stereocenters. The third kappa shape index (κ3) is 2.00. The molecule has 0 unspecified atom stereocenters. The summed E-state index contributed by atoms with van der Waals surface area (Å²) in [4.78, 5) is 0. The lowest BCUT2D eigenvalue weighted by Gasteiger charge is -1.98. The fraction of sp³-hybridized carbons (Fsp3) is 0.0909. The van der Waals surface area contributed by atoms with Gasteiger partial charge in [-0.05, 0) is 29.8 Å². The van der Waals surface area contributed by atoms with Gasteiger partial charge in [-0.25, -0.2) is 0 Å². The van der Waals surface area contributed by atoms with Gasteiger partial charge in [0, 0.05) is 5.02 Å². The van der Waals surface area contributed by atoms with Crippen molar-refractivity contribution in [3.05, 3.63) is 47.0 Å². The molecule has 2 aromatic carbocycles. The first-order chi connectivity index (χ1) is 5.75. The molecule has 68 valence electrons. The minimum absolute atomic E-state index is 0. The molecule has 0 heterocycles. The van der Waals surface area contributed by atoms with E-state index in [2.05, 4.69) is 25.1 Å². The summed E-state index contributed by atoms with van der Waals surface area (Å²) in [6.07, 6.45) is 0. The SMILES string of the molecule is Cc1ccc2cc(Cl)ccc2c1.N. The topological polar surface area (TPSA) is 35.0 Å². The average molecular weight is 194 g/mol. The first-order valence-corrected chi connectivity index (χ1v) is 4.29. The van der Waals surface area contributed by atoms with E-state index in [-0.39, 0.29) is 6.15 Å². The Hall–Kier alpha value is -1.05. The van der Waals surface area contributed by atoms with Crippen molar-refractivity contribution < 1.29 is 0 Å². The molecule has 0 aromatic heterocycles. The van der Waals surface area contributed by atoms with Crippen LogP contribution in [0.3, 0.4) is 0 Å². The molecule has 0 aliphatic carbocycles. The third-order valence-electron chi connectivity index (χ3n) is 1.96. The van der Waals surface area contributed by atoms with Gasteiger partial charge >= 0.3 is 0 Å². The Morgan fingerprint density at radius 1 is 0.923 bits per heavy atom. The third-order valence-corrected chi connectivity index (χ3v) is 2.19. The molecule has 1 nitrogen and oxygen atoms in total. The van der Waals surface area contributed by atoms with Crippen molar-refractivity contribution in [3.63, 3.8) is 0 Å². The van der Waals surface area contributed by atoms with Crippen LogP contribution in [0.1, 0.15) is 5.56 Å². The normalized spacial score (nSPS) is 9.69. The predicted octanol–water partition coefficient (Wildman–Crippen LogP) is 3.96. The predicted molar refractivity (Wildman–Crippen MR) is 58.7 cm³/mol. The van der Waals surface area contributed by atoms with E-state index in [0.717, 1.165) is 5.02 Å². The highest BCUT2D eigenvalue weighted by atomic mass is 35.5. The van der Waals surface area contributed by atoms with Crippen LogP contribution in [0.4, 0.5) is 0 Å². The number of rotatable bonds is 0. The Labute approximate surface area is 82.9 Å². The van der Waals surface area contributed by atoms with Crippen molar-refractivity contribution in [3.8, 4) is 0 Å². The summed E-state index contributed by atoms with van der Waals surface area (Å²) in [7, 11) is 0. The second kappa shape index (κ2) is 3.77. The van der Waals surface area contributed by atoms with Crippen LogP contribution in [0.2, 0.25) is 5.02 Å². The molecule has 0 spiro atoms. The number of hydrogen-bond donors (Lipinski definition) is 1. The van der Waals surface area contributed by atoms with E-state index in [1.54, 1.807) is 0 Å². The lowest BCUT2D eigenvalue weighted by molar-refractivity contribution is 1.51. The molecule has 0 saturated carbocycles. The highest BCUT2D eigenvalue weighted by molar-refractivity contribution is 6.31. The molecule has 0 bridgehead atoms. The van der Waals surface area contributed by atoms with Gasteiger partial charge in [0.25, 0.3) is 0 Å². The van der Waals surface area contributed by atoms with Crippen molar-refractivity contribution in [2.45, 2.75) is 6.92 Å². The zero-order valence-electron chi connectivity index (χ0n) is 7.55. The number of halogens is 1. The van der Waals surface area contributed by atoms with Gasteiger partial charge in [0.2, 0.25) is 0 Å². The van der Waals surface area contributed by atoms with Crippen LogP contribution in [0.25, 0.3) is 10.8 Å². The van der Waals surface area contributed by atoms with Crippen LogP contribution in [0, 0.1) is 6.92 Å². The van der Waals surface area contributed by atoms with Crippen LogP contribution in [0.15, 0.2) is 36.4 Å². The summed E-state index contributed by atoms with van der Waals surface area (Å²) in [6, 6.07) is 12.3. The zero-order chi connectivity index (χ0) is 8.55. The lowest BCUT2D eigenvalue weighted by Crippen LogP contribution is -1.74. The van der Waals surface area contributed by atoms with Gasteiger partial charge in [-0.3, -0.25) is 0 Å². The standard InChI is InChI=1S/C11H9Cl.H3N/c1-8-2-3-10-7-11(12)5-4-9(10)6-8;/h2-7H,1H3;1H3. The van der Waals surface area contributed by atoms with Crippen molar-refractivity contribution in [2.24, 2.45) is 0 Å². The van der Waals surface area contributed by atoms with Crippen LogP contribution >= 0.6 is 11.6 Å². The second-order valence-electron chi connectivity index (χ2n) is 2.99. The molecule has 0 fully saturated rings. The monoisotopic (exact) mass is 193 g/mol. The Bertz CT molecular complexity index is 382. The summed E-state index contributed by atoms with van der Waals surface area (Å²) in [5.74, 6) is 0. The maximum absolute atomic E-state index is 5.86. The van der Waals surface area contributed by atoms with Crippen LogP contribution in [0.5, 0.6) is 0 Å². The Kier molecular flexibility index (Phi) is 2.91. The van der Waals surface area contributed by atoms with Crippen LogP contribution < -0.4 is 6.15 Å². The number of aryl methyl sites for hydroxylation is 1. The van der Waals surface area contributed by atoms with Crippen molar-refractivity contribution in [2.75, 3.05) is 0 Å². The van der Waals surface area contributed by atoms with Gasteiger partial charge in [-0.15, -0.1) is 0 Å². The van der Waals surface area contributed by atoms with Gasteiger partial charge in [0.15, 0.2) is 0 Å². The van der Waals surface area contributed by atoms with Gasteiger partial charge in [0.1, 0.15) is 0 Å². The molecule has 0 aliphatic heterocycles. The summed E-state index contributed by atoms with van der Waals surface area (Å²) < 4.78 is 0. The zero-order valence-corrected chi connectivity index (χ0v) is 8.31. The van der Waals surface area contributed by atoms with Gasteiger partial charge in [-0.1, -0.05) is 41.4 Å². The van der Waals surface area contributed by atoms with E-state index in [9.17, 15) is 0 Å². The molecule has 2 heteroatoms. The molecule has 3 N–H and O–H groups in total. The Morgan fingerprint density at radius 3 is 2.31 bits per heavy atom. The van der Waals surface area contributed by atoms with Gasteiger partial charge in [-0.2, -0.15) is 0 Å². The Morgan fingerprint density at radius 2 is 1.54 bits per heavy atom. The molecule has 13 heavy (non-hydrogen) atoms. The lowest BCUT2D eigenvalue weighted by atomic mass is 10.1. The first kappa shape index (κ1) is 10.0. The van der Waals surface area contributed by atoms with Gasteiger partial charge < -0.3 is 6.15 Å². The van der Waals surface area contributed by atoms with E-state index >= 15 is 0 Å². The molecule has 0 aliphatic rings. The minimum Gasteiger partial charge on any atom is -0.344 e. The summed E-state index contributed by atoms with van der Waals surface area (Å²) in [5.41, 5.74) is 1.28. The molecule has 0 radical (unpaired) electrons. The molecular formula is C11H12ClN. The van der Waals surface area contributed by atoms with E-state index < -0.39 is 0 Å². The second-order valence-corrected chi connectivity index (χ2v) is 3.43. The largest absolute Gasteiger partial charge is 0.344 e. The highest BCUT2D eigenvalue weighted by Crippen LogP contribution is 2.19. The highest BCUT2D eigenvalue weighted by Gasteiger charge is 1.93. The maximum atomic E-state index is 5.86. The summed E-state index contributed by atoms with van der Waals surface area (Å²) in [6.45, 7) is 2.09. The summed E-state index contributed by atoms with van der Waals surface area (Å²) >= 11 is 5.86. The molecule has 0 saturated heterocycles. The van der Waals surface area contributed by atoms with E-state index in [4.69, 9.17) is 11.6 Å². The average Bonchev–Trinajstić information content (AvgIpc) is 2.05. The fourth-order valence-electron chi connectivity index (χ4n) is 1.34. The van der Waals surface area contributed by atoms with Gasteiger partial charge in [0.05, 0.1) is 0 Å². The van der Waals surface area contributed by atoms with Crippen molar-refractivity contribution in [1.29, 1.82) is 0 Å². The maximum Gasteiger partial charge on any atom is 0.0412 e.